The van der Waals surface area contributed by atoms with Crippen molar-refractivity contribution in [3.05, 3.63) is 95.6 Å². The summed E-state index contributed by atoms with van der Waals surface area (Å²) in [5, 5.41) is 2.96. The highest BCUT2D eigenvalue weighted by molar-refractivity contribution is 5.75. The number of benzene rings is 3. The second-order valence-electron chi connectivity index (χ2n) is 10.5. The largest absolute Gasteiger partial charge is 0.497 e. The fourth-order valence-electron chi connectivity index (χ4n) is 5.10. The Morgan fingerprint density at radius 2 is 1.40 bits per heavy atom. The van der Waals surface area contributed by atoms with Gasteiger partial charge in [0.25, 0.3) is 0 Å². The second kappa shape index (κ2) is 13.3. The summed E-state index contributed by atoms with van der Waals surface area (Å²) in [5.41, 5.74) is 1.84. The summed E-state index contributed by atoms with van der Waals surface area (Å²) in [7, 11) is 5.04. The lowest BCUT2D eigenvalue weighted by atomic mass is 9.80. The van der Waals surface area contributed by atoms with E-state index < -0.39 is 23.9 Å². The first-order valence-electron chi connectivity index (χ1n) is 13.8. The van der Waals surface area contributed by atoms with Crippen LogP contribution in [0.1, 0.15) is 43.9 Å². The third-order valence-electron chi connectivity index (χ3n) is 7.66. The van der Waals surface area contributed by atoms with Gasteiger partial charge in [0.15, 0.2) is 0 Å². The molecule has 4 rings (SSSR count). The summed E-state index contributed by atoms with van der Waals surface area (Å²) in [5.74, 6) is 1.48. The normalized spacial score (nSPS) is 19.8. The first-order valence-corrected chi connectivity index (χ1v) is 13.8. The average Bonchev–Trinajstić information content (AvgIpc) is 3.41. The first-order chi connectivity index (χ1) is 19.3. The van der Waals surface area contributed by atoms with Gasteiger partial charge < -0.3 is 29.0 Å². The monoisotopic (exact) mass is 547 g/mol. The van der Waals surface area contributed by atoms with E-state index in [4.69, 9.17) is 23.7 Å². The molecule has 0 aromatic heterocycles. The van der Waals surface area contributed by atoms with E-state index in [0.29, 0.717) is 6.42 Å². The Balaban J connectivity index is 1.77. The molecular formula is C33H41NO6. The van der Waals surface area contributed by atoms with Gasteiger partial charge in [-0.05, 0) is 60.8 Å². The fourth-order valence-corrected chi connectivity index (χ4v) is 5.10. The number of carbonyl (C=O) groups is 1. The molecule has 0 spiro atoms. The number of nitrogens with one attached hydrogen (secondary N) is 1. The summed E-state index contributed by atoms with van der Waals surface area (Å²) in [6, 6.07) is 25.5. The van der Waals surface area contributed by atoms with Gasteiger partial charge in [0, 0.05) is 6.42 Å². The number of methoxy groups -OCH3 is 2. The van der Waals surface area contributed by atoms with E-state index in [0.717, 1.165) is 28.2 Å². The van der Waals surface area contributed by atoms with Crippen LogP contribution in [0.25, 0.3) is 0 Å². The number of hydrogen-bond donors (Lipinski definition) is 1. The van der Waals surface area contributed by atoms with E-state index in [1.165, 1.54) is 0 Å². The molecule has 3 aromatic rings. The topological polar surface area (TPSA) is 75.3 Å². The zero-order valence-corrected chi connectivity index (χ0v) is 24.3. The van der Waals surface area contributed by atoms with Gasteiger partial charge in [0.1, 0.15) is 35.3 Å². The molecule has 7 heteroatoms. The van der Waals surface area contributed by atoms with E-state index in [1.54, 1.807) is 28.2 Å². The highest BCUT2D eigenvalue weighted by Crippen LogP contribution is 2.42. The predicted molar refractivity (Wildman–Crippen MR) is 155 cm³/mol. The van der Waals surface area contributed by atoms with E-state index in [9.17, 15) is 4.79 Å². The van der Waals surface area contributed by atoms with Crippen LogP contribution in [-0.4, -0.2) is 58.2 Å². The Bertz CT molecular complexity index is 1160. The van der Waals surface area contributed by atoms with Crippen molar-refractivity contribution in [3.63, 3.8) is 0 Å². The highest BCUT2D eigenvalue weighted by Gasteiger charge is 2.44. The molecule has 3 aromatic carbocycles. The van der Waals surface area contributed by atoms with Gasteiger partial charge in [0.05, 0.1) is 26.9 Å². The van der Waals surface area contributed by atoms with Crippen LogP contribution in [0.5, 0.6) is 11.5 Å². The minimum atomic E-state index is -0.980. The minimum Gasteiger partial charge on any atom is -0.497 e. The molecule has 0 bridgehead atoms. The summed E-state index contributed by atoms with van der Waals surface area (Å²) in [4.78, 5) is 12.7. The van der Waals surface area contributed by atoms with Crippen molar-refractivity contribution in [3.8, 4) is 11.5 Å². The van der Waals surface area contributed by atoms with Crippen molar-refractivity contribution < 1.29 is 28.5 Å². The SMILES string of the molecule is CN[C@@H](C)C(=O)OC1C[C@H](C(C)C)O[C@@H]1COC(c1ccccc1)(c1ccc(OC)cc1)c1ccc(OC)cc1. The van der Waals surface area contributed by atoms with Crippen LogP contribution in [0.2, 0.25) is 0 Å². The smallest absolute Gasteiger partial charge is 0.323 e. The lowest BCUT2D eigenvalue weighted by molar-refractivity contribution is -0.157. The summed E-state index contributed by atoms with van der Waals surface area (Å²) < 4.78 is 30.4. The summed E-state index contributed by atoms with van der Waals surface area (Å²) in [6.45, 7) is 6.23. The average molecular weight is 548 g/mol. The van der Waals surface area contributed by atoms with Gasteiger partial charge in [-0.3, -0.25) is 4.79 Å². The number of esters is 1. The molecule has 1 unspecified atom stereocenters. The highest BCUT2D eigenvalue weighted by atomic mass is 16.6. The lowest BCUT2D eigenvalue weighted by Crippen LogP contribution is -2.41. The van der Waals surface area contributed by atoms with E-state index in [-0.39, 0.29) is 24.6 Å². The molecule has 214 valence electrons. The Kier molecular flexibility index (Phi) is 9.85. The van der Waals surface area contributed by atoms with Crippen LogP contribution < -0.4 is 14.8 Å². The molecule has 1 N–H and O–H groups in total. The summed E-state index contributed by atoms with van der Waals surface area (Å²) >= 11 is 0. The van der Waals surface area contributed by atoms with E-state index in [1.807, 2.05) is 66.7 Å². The Hall–Kier alpha value is -3.39. The predicted octanol–water partition coefficient (Wildman–Crippen LogP) is 5.35. The zero-order chi connectivity index (χ0) is 28.7. The van der Waals surface area contributed by atoms with Crippen molar-refractivity contribution in [2.24, 2.45) is 5.92 Å². The molecule has 1 aliphatic rings. The Morgan fingerprint density at radius 3 is 1.88 bits per heavy atom. The first kappa shape index (κ1) is 29.6. The zero-order valence-electron chi connectivity index (χ0n) is 24.3. The van der Waals surface area contributed by atoms with Gasteiger partial charge in [-0.1, -0.05) is 68.4 Å². The van der Waals surface area contributed by atoms with Crippen LogP contribution in [-0.2, 0) is 24.6 Å². The number of rotatable bonds is 12. The van der Waals surface area contributed by atoms with Crippen LogP contribution in [0.15, 0.2) is 78.9 Å². The van der Waals surface area contributed by atoms with Crippen molar-refractivity contribution in [2.45, 2.75) is 57.1 Å². The fraction of sp³-hybridized carbons (Fsp3) is 0.424. The standard InChI is InChI=1S/C33H41NO6/c1-22(2)29-20-30(40-32(35)23(3)34-4)31(39-29)21-38-33(24-10-8-7-9-11-24,25-12-16-27(36-5)17-13-25)26-14-18-28(37-6)19-15-26/h7-19,22-23,29-31,34H,20-21H2,1-6H3/t23-,29+,30?,31+/m0/s1. The van der Waals surface area contributed by atoms with Crippen LogP contribution in [0.3, 0.4) is 0 Å². The molecule has 4 atom stereocenters. The van der Waals surface area contributed by atoms with Gasteiger partial charge >= 0.3 is 5.97 Å². The van der Waals surface area contributed by atoms with Crippen LogP contribution >= 0.6 is 0 Å². The van der Waals surface area contributed by atoms with Crippen molar-refractivity contribution in [1.82, 2.24) is 5.32 Å². The van der Waals surface area contributed by atoms with Gasteiger partial charge in [-0.2, -0.15) is 0 Å². The molecular weight excluding hydrogens is 506 g/mol. The van der Waals surface area contributed by atoms with Crippen molar-refractivity contribution in [2.75, 3.05) is 27.9 Å². The number of carbonyl (C=O) groups excluding carboxylic acids is 1. The minimum absolute atomic E-state index is 0.0376. The second-order valence-corrected chi connectivity index (χ2v) is 10.5. The van der Waals surface area contributed by atoms with Crippen LogP contribution in [0.4, 0.5) is 0 Å². The lowest BCUT2D eigenvalue weighted by Gasteiger charge is -2.37. The third kappa shape index (κ3) is 6.33. The molecule has 1 heterocycles. The van der Waals surface area contributed by atoms with Crippen molar-refractivity contribution in [1.29, 1.82) is 0 Å². The van der Waals surface area contributed by atoms with Gasteiger partial charge in [-0.25, -0.2) is 0 Å². The molecule has 0 aliphatic carbocycles. The number of hydrogen-bond acceptors (Lipinski definition) is 7. The molecule has 0 saturated carbocycles. The molecule has 1 saturated heterocycles. The Morgan fingerprint density at radius 1 is 0.875 bits per heavy atom. The summed E-state index contributed by atoms with van der Waals surface area (Å²) in [6.07, 6.45) is -0.266. The third-order valence-corrected chi connectivity index (χ3v) is 7.66. The van der Waals surface area contributed by atoms with Gasteiger partial charge in [-0.15, -0.1) is 0 Å². The van der Waals surface area contributed by atoms with Gasteiger partial charge in [0.2, 0.25) is 0 Å². The molecule has 0 amide bonds. The molecule has 1 fully saturated rings. The number of ether oxygens (including phenoxy) is 5. The molecule has 1 aliphatic heterocycles. The molecule has 0 radical (unpaired) electrons. The quantitative estimate of drug-likeness (QED) is 0.242. The van der Waals surface area contributed by atoms with E-state index in [2.05, 4.69) is 31.3 Å². The van der Waals surface area contributed by atoms with Crippen LogP contribution in [0, 0.1) is 5.92 Å². The van der Waals surface area contributed by atoms with E-state index >= 15 is 0 Å². The maximum atomic E-state index is 12.7. The van der Waals surface area contributed by atoms with Crippen molar-refractivity contribution >= 4 is 5.97 Å². The maximum Gasteiger partial charge on any atom is 0.323 e. The number of likely N-dealkylation sites (N-methyl/N-ethyl adjacent to an activating group) is 1. The maximum absolute atomic E-state index is 12.7. The molecule has 7 nitrogen and oxygen atoms in total. The molecule has 40 heavy (non-hydrogen) atoms. The Labute approximate surface area is 237 Å².